The summed E-state index contributed by atoms with van der Waals surface area (Å²) in [6.45, 7) is 0.323. The van der Waals surface area contributed by atoms with E-state index in [9.17, 15) is 9.59 Å². The molecule has 0 radical (unpaired) electrons. The first-order valence-electron chi connectivity index (χ1n) is 6.69. The first-order chi connectivity index (χ1) is 11.0. The molecule has 3 N–H and O–H groups in total. The minimum absolute atomic E-state index is 0.143. The van der Waals surface area contributed by atoms with E-state index in [2.05, 4.69) is 5.32 Å². The zero-order valence-electron chi connectivity index (χ0n) is 12.0. The van der Waals surface area contributed by atoms with Crippen molar-refractivity contribution in [2.45, 2.75) is 11.4 Å². The van der Waals surface area contributed by atoms with Gasteiger partial charge in [0, 0.05) is 22.0 Å². The summed E-state index contributed by atoms with van der Waals surface area (Å²) in [6, 6.07) is 11.9. The summed E-state index contributed by atoms with van der Waals surface area (Å²) in [4.78, 5) is 23.8. The number of thioether (sulfide) groups is 1. The van der Waals surface area contributed by atoms with Crippen LogP contribution in [0.15, 0.2) is 47.4 Å². The Morgan fingerprint density at radius 3 is 2.65 bits per heavy atom. The number of hydrogen-bond acceptors (Lipinski definition) is 3. The molecule has 0 saturated heterocycles. The van der Waals surface area contributed by atoms with E-state index in [4.69, 9.17) is 28.9 Å². The van der Waals surface area contributed by atoms with Gasteiger partial charge in [-0.1, -0.05) is 35.3 Å². The first kappa shape index (κ1) is 17.7. The molecule has 2 amide bonds. The maximum absolute atomic E-state index is 11.9. The van der Waals surface area contributed by atoms with Crippen LogP contribution in [0.25, 0.3) is 0 Å². The zero-order chi connectivity index (χ0) is 16.8. The van der Waals surface area contributed by atoms with E-state index in [0.29, 0.717) is 22.2 Å². The number of nitrogens with two attached hydrogens (primary N) is 1. The van der Waals surface area contributed by atoms with Crippen molar-refractivity contribution in [1.29, 1.82) is 0 Å². The van der Waals surface area contributed by atoms with Crippen molar-refractivity contribution in [3.8, 4) is 0 Å². The number of amides is 2. The number of rotatable bonds is 6. The SMILES string of the molecule is NC(=O)c1cccc(CNC(=O)CSc2cc(Cl)ccc2Cl)c1. The fourth-order valence-electron chi connectivity index (χ4n) is 1.82. The molecule has 0 aromatic heterocycles. The van der Waals surface area contributed by atoms with Gasteiger partial charge >= 0.3 is 0 Å². The van der Waals surface area contributed by atoms with Gasteiger partial charge in [-0.05, 0) is 35.9 Å². The number of nitrogens with one attached hydrogen (secondary N) is 1. The molecule has 4 nitrogen and oxygen atoms in total. The van der Waals surface area contributed by atoms with E-state index in [-0.39, 0.29) is 11.7 Å². The van der Waals surface area contributed by atoms with E-state index in [1.165, 1.54) is 11.8 Å². The molecule has 120 valence electrons. The lowest BCUT2D eigenvalue weighted by molar-refractivity contribution is -0.118. The molecule has 0 spiro atoms. The number of primary amides is 1. The topological polar surface area (TPSA) is 72.2 Å². The summed E-state index contributed by atoms with van der Waals surface area (Å²) in [5.41, 5.74) is 6.44. The molecule has 0 saturated carbocycles. The molecule has 0 fully saturated rings. The number of carbonyl (C=O) groups is 2. The smallest absolute Gasteiger partial charge is 0.248 e. The van der Waals surface area contributed by atoms with Gasteiger partial charge in [0.1, 0.15) is 0 Å². The van der Waals surface area contributed by atoms with Crippen LogP contribution < -0.4 is 11.1 Å². The quantitative estimate of drug-likeness (QED) is 0.766. The number of hydrogen-bond donors (Lipinski definition) is 2. The highest BCUT2D eigenvalue weighted by Crippen LogP contribution is 2.29. The van der Waals surface area contributed by atoms with Gasteiger partial charge in [0.15, 0.2) is 0 Å². The molecule has 0 aliphatic carbocycles. The van der Waals surface area contributed by atoms with Gasteiger partial charge in [-0.2, -0.15) is 0 Å². The fourth-order valence-corrected chi connectivity index (χ4v) is 3.14. The summed E-state index contributed by atoms with van der Waals surface area (Å²) in [6.07, 6.45) is 0. The summed E-state index contributed by atoms with van der Waals surface area (Å²) >= 11 is 13.3. The van der Waals surface area contributed by atoms with E-state index < -0.39 is 5.91 Å². The minimum atomic E-state index is -0.496. The normalized spacial score (nSPS) is 10.3. The summed E-state index contributed by atoms with van der Waals surface area (Å²) in [5.74, 6) is -0.421. The van der Waals surface area contributed by atoms with Crippen LogP contribution in [0.1, 0.15) is 15.9 Å². The molecule has 0 heterocycles. The summed E-state index contributed by atoms with van der Waals surface area (Å²) in [7, 11) is 0. The van der Waals surface area contributed by atoms with Crippen LogP contribution in [-0.2, 0) is 11.3 Å². The van der Waals surface area contributed by atoms with Crippen LogP contribution in [-0.4, -0.2) is 17.6 Å². The highest BCUT2D eigenvalue weighted by Gasteiger charge is 2.07. The number of halogens is 2. The van der Waals surface area contributed by atoms with Crippen molar-refractivity contribution in [1.82, 2.24) is 5.32 Å². The lowest BCUT2D eigenvalue weighted by Crippen LogP contribution is -2.24. The van der Waals surface area contributed by atoms with Crippen molar-refractivity contribution in [2.24, 2.45) is 5.73 Å². The lowest BCUT2D eigenvalue weighted by Gasteiger charge is -2.07. The molecule has 0 unspecified atom stereocenters. The van der Waals surface area contributed by atoms with Crippen molar-refractivity contribution < 1.29 is 9.59 Å². The second-order valence-corrected chi connectivity index (χ2v) is 6.57. The van der Waals surface area contributed by atoms with Crippen molar-refractivity contribution in [3.05, 3.63) is 63.6 Å². The molecule has 23 heavy (non-hydrogen) atoms. The van der Waals surface area contributed by atoms with Crippen molar-refractivity contribution >= 4 is 46.8 Å². The van der Waals surface area contributed by atoms with Gasteiger partial charge < -0.3 is 11.1 Å². The third-order valence-corrected chi connectivity index (χ3v) is 4.69. The molecule has 2 rings (SSSR count). The lowest BCUT2D eigenvalue weighted by atomic mass is 10.1. The largest absolute Gasteiger partial charge is 0.366 e. The highest BCUT2D eigenvalue weighted by atomic mass is 35.5. The summed E-state index contributed by atoms with van der Waals surface area (Å²) in [5, 5.41) is 3.91. The van der Waals surface area contributed by atoms with E-state index >= 15 is 0 Å². The van der Waals surface area contributed by atoms with Gasteiger partial charge in [0.25, 0.3) is 0 Å². The van der Waals surface area contributed by atoms with Crippen LogP contribution in [0.4, 0.5) is 0 Å². The van der Waals surface area contributed by atoms with E-state index in [1.54, 1.807) is 36.4 Å². The Labute approximate surface area is 148 Å². The zero-order valence-corrected chi connectivity index (χ0v) is 14.3. The van der Waals surface area contributed by atoms with Crippen LogP contribution in [0.5, 0.6) is 0 Å². The maximum atomic E-state index is 11.9. The predicted molar refractivity (Wildman–Crippen MR) is 94.0 cm³/mol. The monoisotopic (exact) mass is 368 g/mol. The molecule has 0 aliphatic heterocycles. The highest BCUT2D eigenvalue weighted by molar-refractivity contribution is 8.00. The molecule has 0 aliphatic rings. The molecule has 7 heteroatoms. The summed E-state index contributed by atoms with van der Waals surface area (Å²) < 4.78 is 0. The van der Waals surface area contributed by atoms with Crippen LogP contribution in [0, 0.1) is 0 Å². The molecule has 2 aromatic rings. The molecule has 2 aromatic carbocycles. The van der Waals surface area contributed by atoms with E-state index in [1.807, 2.05) is 6.07 Å². The van der Waals surface area contributed by atoms with Gasteiger partial charge in [-0.15, -0.1) is 11.8 Å². The Balaban J connectivity index is 1.87. The van der Waals surface area contributed by atoms with Crippen LogP contribution in [0.2, 0.25) is 10.0 Å². The molecular weight excluding hydrogens is 355 g/mol. The van der Waals surface area contributed by atoms with E-state index in [0.717, 1.165) is 10.5 Å². The average Bonchev–Trinajstić information content (AvgIpc) is 2.54. The van der Waals surface area contributed by atoms with Crippen LogP contribution >= 0.6 is 35.0 Å². The third-order valence-electron chi connectivity index (χ3n) is 2.95. The van der Waals surface area contributed by atoms with Gasteiger partial charge in [-0.3, -0.25) is 9.59 Å². The Bertz CT molecular complexity index is 738. The number of carbonyl (C=O) groups excluding carboxylic acids is 2. The minimum Gasteiger partial charge on any atom is -0.366 e. The predicted octanol–water partition coefficient (Wildman–Crippen LogP) is 3.50. The van der Waals surface area contributed by atoms with Crippen molar-refractivity contribution in [2.75, 3.05) is 5.75 Å². The second-order valence-electron chi connectivity index (χ2n) is 4.70. The van der Waals surface area contributed by atoms with Gasteiger partial charge in [-0.25, -0.2) is 0 Å². The first-order valence-corrected chi connectivity index (χ1v) is 8.43. The van der Waals surface area contributed by atoms with Gasteiger partial charge in [0.05, 0.1) is 10.8 Å². The number of benzene rings is 2. The second kappa shape index (κ2) is 8.24. The molecular formula is C16H14Cl2N2O2S. The third kappa shape index (κ3) is 5.46. The molecule has 0 atom stereocenters. The average molecular weight is 369 g/mol. The Kier molecular flexibility index (Phi) is 6.33. The Morgan fingerprint density at radius 2 is 1.91 bits per heavy atom. The van der Waals surface area contributed by atoms with Crippen LogP contribution in [0.3, 0.4) is 0 Å². The fraction of sp³-hybridized carbons (Fsp3) is 0.125. The van der Waals surface area contributed by atoms with Gasteiger partial charge in [0.2, 0.25) is 11.8 Å². The Hall–Kier alpha value is -1.69. The van der Waals surface area contributed by atoms with Crippen molar-refractivity contribution in [3.63, 3.8) is 0 Å². The standard InChI is InChI=1S/C16H14Cl2N2O2S/c17-12-4-5-13(18)14(7-12)23-9-15(21)20-8-10-2-1-3-11(6-10)16(19)22/h1-7H,8-9H2,(H2,19,22)(H,20,21). The Morgan fingerprint density at radius 1 is 1.13 bits per heavy atom. The maximum Gasteiger partial charge on any atom is 0.248 e. The molecule has 0 bridgehead atoms.